The highest BCUT2D eigenvalue weighted by Gasteiger charge is 2.55. The van der Waals surface area contributed by atoms with Gasteiger partial charge in [-0.25, -0.2) is 0 Å². The van der Waals surface area contributed by atoms with Gasteiger partial charge in [-0.15, -0.1) is 6.58 Å². The molecule has 1 unspecified atom stereocenters. The zero-order chi connectivity index (χ0) is 30.4. The maximum absolute atomic E-state index is 13.9. The summed E-state index contributed by atoms with van der Waals surface area (Å²) < 4.78 is 34.7. The molecule has 0 amide bonds. The highest BCUT2D eigenvalue weighted by molar-refractivity contribution is 7.86. The van der Waals surface area contributed by atoms with Crippen molar-refractivity contribution in [1.29, 1.82) is 0 Å². The summed E-state index contributed by atoms with van der Waals surface area (Å²) in [5, 5.41) is 12.0. The van der Waals surface area contributed by atoms with Crippen molar-refractivity contribution in [3.8, 4) is 5.75 Å². The van der Waals surface area contributed by atoms with E-state index in [2.05, 4.69) is 11.6 Å². The molecule has 0 saturated carbocycles. The Bertz CT molecular complexity index is 1800. The lowest BCUT2D eigenvalue weighted by Crippen LogP contribution is -2.67. The quantitative estimate of drug-likeness (QED) is 0.103. The number of aldehydes is 1. The van der Waals surface area contributed by atoms with Crippen LogP contribution in [0.1, 0.15) is 51.6 Å². The molecule has 222 valence electrons. The molecule has 1 aromatic heterocycles. The predicted octanol–water partition coefficient (Wildman–Crippen LogP) is 6.43. The number of phenols is 1. The van der Waals surface area contributed by atoms with Gasteiger partial charge in [0, 0.05) is 35.9 Å². The Morgan fingerprint density at radius 1 is 1.09 bits per heavy atom. The SMILES string of the molecule is C=C[C@H]1C[N+]2(Cc3cc(C)cc(C=O)c3O)CC[C@H]1C[C@H]2[C@H](OS(=O)(=O)c1ccc(C)cc1)c1ccnc2ccccc12. The van der Waals surface area contributed by atoms with Crippen LogP contribution in [-0.2, 0) is 20.8 Å². The first-order chi connectivity index (χ1) is 20.6. The number of aryl methyl sites for hydroxylation is 2. The Morgan fingerprint density at radius 3 is 2.60 bits per heavy atom. The van der Waals surface area contributed by atoms with Crippen molar-refractivity contribution in [3.63, 3.8) is 0 Å². The van der Waals surface area contributed by atoms with E-state index in [-0.39, 0.29) is 28.2 Å². The van der Waals surface area contributed by atoms with Crippen LogP contribution >= 0.6 is 0 Å². The maximum Gasteiger partial charge on any atom is 0.297 e. The third kappa shape index (κ3) is 5.39. The molecule has 3 saturated heterocycles. The molecule has 1 N–H and O–H groups in total. The van der Waals surface area contributed by atoms with Crippen molar-refractivity contribution < 1.29 is 27.0 Å². The van der Waals surface area contributed by atoms with Gasteiger partial charge < -0.3 is 9.59 Å². The number of benzene rings is 3. The molecule has 4 heterocycles. The number of aromatic nitrogens is 1. The third-order valence-electron chi connectivity index (χ3n) is 9.53. The smallest absolute Gasteiger partial charge is 0.297 e. The Labute approximate surface area is 253 Å². The number of aromatic hydroxyl groups is 1. The predicted molar refractivity (Wildman–Crippen MR) is 166 cm³/mol. The number of quaternary nitrogens is 1. The zero-order valence-corrected chi connectivity index (χ0v) is 25.3. The number of phenolic OH excluding ortho intramolecular Hbond substituents is 1. The first kappa shape index (κ1) is 29.2. The van der Waals surface area contributed by atoms with Crippen LogP contribution in [0.2, 0.25) is 0 Å². The number of piperidine rings is 3. The molecular weight excluding hydrogens is 560 g/mol. The summed E-state index contributed by atoms with van der Waals surface area (Å²) in [5.41, 5.74) is 4.31. The summed E-state index contributed by atoms with van der Waals surface area (Å²) in [6.07, 6.45) is 5.28. The Morgan fingerprint density at radius 2 is 1.86 bits per heavy atom. The molecule has 43 heavy (non-hydrogen) atoms. The number of fused-ring (bicyclic) bond motifs is 4. The average Bonchev–Trinajstić information content (AvgIpc) is 3.01. The molecule has 3 fully saturated rings. The minimum absolute atomic E-state index is 0.0196. The second-order valence-electron chi connectivity index (χ2n) is 12.2. The molecule has 3 aliphatic heterocycles. The Hall–Kier alpha value is -3.85. The number of rotatable bonds is 9. The highest BCUT2D eigenvalue weighted by Crippen LogP contribution is 2.50. The molecule has 7 nitrogen and oxygen atoms in total. The molecular formula is C35H37N2O5S+. The lowest BCUT2D eigenvalue weighted by molar-refractivity contribution is -0.984. The fraction of sp³-hybridized carbons (Fsp3) is 0.314. The number of hydrogen-bond donors (Lipinski definition) is 1. The number of hydrogen-bond acceptors (Lipinski definition) is 6. The van der Waals surface area contributed by atoms with Crippen molar-refractivity contribution in [2.24, 2.45) is 11.8 Å². The van der Waals surface area contributed by atoms with Crippen LogP contribution < -0.4 is 0 Å². The third-order valence-corrected chi connectivity index (χ3v) is 10.8. The Balaban J connectivity index is 1.52. The van der Waals surface area contributed by atoms with Gasteiger partial charge in [-0.2, -0.15) is 8.42 Å². The van der Waals surface area contributed by atoms with Gasteiger partial charge in [0.05, 0.1) is 29.1 Å². The monoisotopic (exact) mass is 597 g/mol. The molecule has 7 rings (SSSR count). The first-order valence-electron chi connectivity index (χ1n) is 14.7. The summed E-state index contributed by atoms with van der Waals surface area (Å²) in [5.74, 6) is 0.556. The van der Waals surface area contributed by atoms with Crippen LogP contribution in [0.15, 0.2) is 90.5 Å². The van der Waals surface area contributed by atoms with Crippen LogP contribution in [0, 0.1) is 25.7 Å². The minimum Gasteiger partial charge on any atom is -0.507 e. The largest absolute Gasteiger partial charge is 0.507 e. The van der Waals surface area contributed by atoms with E-state index in [1.807, 2.05) is 56.3 Å². The topological polar surface area (TPSA) is 93.6 Å². The highest BCUT2D eigenvalue weighted by atomic mass is 32.2. The lowest BCUT2D eigenvalue weighted by atomic mass is 9.71. The molecule has 3 aromatic carbocycles. The van der Waals surface area contributed by atoms with Crippen molar-refractivity contribution >= 4 is 27.3 Å². The molecule has 3 aliphatic rings. The molecule has 5 atom stereocenters. The summed E-state index contributed by atoms with van der Waals surface area (Å²) in [4.78, 5) is 16.5. The van der Waals surface area contributed by atoms with Crippen LogP contribution in [0.4, 0.5) is 0 Å². The molecule has 0 radical (unpaired) electrons. The average molecular weight is 598 g/mol. The van der Waals surface area contributed by atoms with E-state index >= 15 is 0 Å². The van der Waals surface area contributed by atoms with E-state index in [4.69, 9.17) is 4.18 Å². The fourth-order valence-electron chi connectivity index (χ4n) is 7.38. The van der Waals surface area contributed by atoms with Gasteiger partial charge >= 0.3 is 0 Å². The Kier molecular flexibility index (Phi) is 7.71. The summed E-state index contributed by atoms with van der Waals surface area (Å²) in [6, 6.07) is 19.7. The van der Waals surface area contributed by atoms with Gasteiger partial charge in [0.2, 0.25) is 0 Å². The van der Waals surface area contributed by atoms with Crippen LogP contribution in [0.5, 0.6) is 5.75 Å². The second kappa shape index (κ2) is 11.3. The summed E-state index contributed by atoms with van der Waals surface area (Å²) >= 11 is 0. The van der Waals surface area contributed by atoms with Gasteiger partial charge in [-0.1, -0.05) is 42.0 Å². The normalized spacial score (nSPS) is 24.1. The fourth-order valence-corrected chi connectivity index (χ4v) is 8.47. The van der Waals surface area contributed by atoms with Crippen molar-refractivity contribution in [1.82, 2.24) is 4.98 Å². The van der Waals surface area contributed by atoms with Crippen molar-refractivity contribution in [3.05, 3.63) is 113 Å². The molecule has 0 spiro atoms. The molecule has 4 aromatic rings. The number of carbonyl (C=O) groups excluding carboxylic acids is 1. The number of para-hydroxylation sites is 1. The van der Waals surface area contributed by atoms with E-state index in [0.717, 1.165) is 53.5 Å². The van der Waals surface area contributed by atoms with E-state index in [1.54, 1.807) is 36.5 Å². The van der Waals surface area contributed by atoms with Gasteiger partial charge in [0.25, 0.3) is 10.1 Å². The summed E-state index contributed by atoms with van der Waals surface area (Å²) in [6.45, 7) is 9.91. The van der Waals surface area contributed by atoms with Gasteiger partial charge in [0.1, 0.15) is 18.3 Å². The van der Waals surface area contributed by atoms with E-state index < -0.39 is 16.2 Å². The van der Waals surface area contributed by atoms with Crippen LogP contribution in [0.25, 0.3) is 10.9 Å². The van der Waals surface area contributed by atoms with Crippen molar-refractivity contribution in [2.45, 2.75) is 50.3 Å². The second-order valence-corrected chi connectivity index (χ2v) is 13.8. The number of carbonyl (C=O) groups is 1. The number of nitrogens with zero attached hydrogens (tertiary/aromatic N) is 2. The summed E-state index contributed by atoms with van der Waals surface area (Å²) in [7, 11) is -4.15. The van der Waals surface area contributed by atoms with E-state index in [9.17, 15) is 18.3 Å². The van der Waals surface area contributed by atoms with Crippen molar-refractivity contribution in [2.75, 3.05) is 13.1 Å². The van der Waals surface area contributed by atoms with E-state index in [0.29, 0.717) is 28.8 Å². The standard InChI is InChI=1S/C35H36N2O5S/c1-4-25-20-37(21-27-17-24(3)18-28(22-38)34(27)39)16-14-26(25)19-33(37)35(31-13-15-36-32-8-6-5-7-30(31)32)42-43(40,41)29-11-9-23(2)10-12-29/h4-13,15,17-18,22,25-26,33,35H,1,14,16,19-21H2,2-3H3/p+1/t25-,26-,33-,35+,37?/m0/s1. The first-order valence-corrected chi connectivity index (χ1v) is 16.1. The molecule has 2 bridgehead atoms. The van der Waals surface area contributed by atoms with Gasteiger partial charge in [-0.05, 0) is 67.3 Å². The van der Waals surface area contributed by atoms with Gasteiger partial charge in [0.15, 0.2) is 12.4 Å². The van der Waals surface area contributed by atoms with Gasteiger partial charge in [-0.3, -0.25) is 14.0 Å². The van der Waals surface area contributed by atoms with E-state index in [1.165, 1.54) is 0 Å². The van der Waals surface area contributed by atoms with Crippen LogP contribution in [0.3, 0.4) is 0 Å². The maximum atomic E-state index is 13.9. The molecule has 8 heteroatoms. The number of pyridine rings is 1. The minimum atomic E-state index is -4.15. The lowest BCUT2D eigenvalue weighted by Gasteiger charge is -2.58. The molecule has 0 aliphatic carbocycles. The zero-order valence-electron chi connectivity index (χ0n) is 24.5. The van der Waals surface area contributed by atoms with Crippen LogP contribution in [-0.4, -0.2) is 48.4 Å².